The topological polar surface area (TPSA) is 46.1 Å². The highest BCUT2D eigenvalue weighted by Crippen LogP contribution is 2.27. The van der Waals surface area contributed by atoms with Crippen molar-refractivity contribution in [3.05, 3.63) is 29.8 Å². The Morgan fingerprint density at radius 1 is 1.35 bits per heavy atom. The number of hydrogen-bond donors (Lipinski definition) is 1. The van der Waals surface area contributed by atoms with Crippen molar-refractivity contribution in [2.75, 3.05) is 44.9 Å². The Hall–Kier alpha value is -1.59. The Labute approximate surface area is 138 Å². The molecule has 3 rings (SSSR count). The van der Waals surface area contributed by atoms with Gasteiger partial charge in [0.25, 0.3) is 0 Å². The largest absolute Gasteiger partial charge is 0.381 e. The van der Waals surface area contributed by atoms with Crippen LogP contribution in [0.4, 0.5) is 5.69 Å². The molecule has 0 saturated carbocycles. The zero-order valence-electron chi connectivity index (χ0n) is 14.0. The highest BCUT2D eigenvalue weighted by molar-refractivity contribution is 5.97. The molecule has 1 aromatic carbocycles. The van der Waals surface area contributed by atoms with Crippen molar-refractivity contribution in [3.63, 3.8) is 0 Å². The van der Waals surface area contributed by atoms with Crippen LogP contribution in [-0.4, -0.2) is 52.0 Å². The quantitative estimate of drug-likeness (QED) is 0.514. The third kappa shape index (κ3) is 4.24. The molecular weight excluding hydrogens is 290 g/mol. The van der Waals surface area contributed by atoms with Gasteiger partial charge in [0.1, 0.15) is 0 Å². The first kappa shape index (κ1) is 16.3. The molecule has 0 unspecified atom stereocenters. The van der Waals surface area contributed by atoms with E-state index in [1.807, 2.05) is 7.05 Å². The van der Waals surface area contributed by atoms with Crippen molar-refractivity contribution in [2.45, 2.75) is 31.8 Å². The van der Waals surface area contributed by atoms with E-state index in [0.29, 0.717) is 6.10 Å². The molecular formula is C18H27N3O2. The van der Waals surface area contributed by atoms with E-state index in [1.54, 1.807) is 0 Å². The molecule has 0 atom stereocenters. The summed E-state index contributed by atoms with van der Waals surface area (Å²) in [6.45, 7) is 4.35. The second kappa shape index (κ2) is 8.31. The molecule has 1 saturated heterocycles. The monoisotopic (exact) mass is 317 g/mol. The molecule has 0 amide bonds. The highest BCUT2D eigenvalue weighted by atomic mass is 16.5. The summed E-state index contributed by atoms with van der Waals surface area (Å²) < 4.78 is 11.3. The number of anilines is 1. The van der Waals surface area contributed by atoms with Gasteiger partial charge in [0, 0.05) is 45.6 Å². The van der Waals surface area contributed by atoms with Gasteiger partial charge in [-0.3, -0.25) is 4.99 Å². The van der Waals surface area contributed by atoms with Crippen molar-refractivity contribution in [2.24, 2.45) is 4.99 Å². The van der Waals surface area contributed by atoms with Crippen molar-refractivity contribution >= 4 is 11.6 Å². The first-order valence-electron chi connectivity index (χ1n) is 8.64. The maximum Gasteiger partial charge on any atom is 0.198 e. The normalized spacial score (nSPS) is 19.0. The van der Waals surface area contributed by atoms with E-state index in [-0.39, 0.29) is 0 Å². The van der Waals surface area contributed by atoms with Gasteiger partial charge in [-0.15, -0.1) is 0 Å². The number of aliphatic imine (C=N–C) groups is 1. The number of para-hydroxylation sites is 1. The Morgan fingerprint density at radius 3 is 3.00 bits per heavy atom. The fourth-order valence-electron chi connectivity index (χ4n) is 3.22. The zero-order chi connectivity index (χ0) is 15.9. The number of benzene rings is 1. The van der Waals surface area contributed by atoms with Gasteiger partial charge in [-0.1, -0.05) is 18.2 Å². The minimum atomic E-state index is 0.383. The standard InChI is InChI=1S/C18H27N3O2/c1-19-18(21-11-7-15-5-2-3-6-17(15)21)20-10-4-12-23-16-8-13-22-14-9-16/h2-3,5-6,16H,4,7-14H2,1H3,(H,19,20). The van der Waals surface area contributed by atoms with E-state index in [0.717, 1.165) is 64.6 Å². The number of nitrogens with zero attached hydrogens (tertiary/aromatic N) is 2. The Morgan fingerprint density at radius 2 is 2.17 bits per heavy atom. The number of hydrogen-bond acceptors (Lipinski definition) is 3. The molecule has 1 fully saturated rings. The smallest absolute Gasteiger partial charge is 0.198 e. The lowest BCUT2D eigenvalue weighted by Crippen LogP contribution is -2.41. The van der Waals surface area contributed by atoms with Gasteiger partial charge in [0.15, 0.2) is 5.96 Å². The van der Waals surface area contributed by atoms with E-state index in [4.69, 9.17) is 9.47 Å². The maximum atomic E-state index is 5.91. The number of rotatable bonds is 5. The summed E-state index contributed by atoms with van der Waals surface area (Å²) in [5.74, 6) is 0.959. The molecule has 2 heterocycles. The van der Waals surface area contributed by atoms with Crippen LogP contribution in [0.25, 0.3) is 0 Å². The summed E-state index contributed by atoms with van der Waals surface area (Å²) in [5, 5.41) is 3.46. The molecule has 0 aromatic heterocycles. The molecule has 1 aromatic rings. The van der Waals surface area contributed by atoms with Crippen LogP contribution in [0.5, 0.6) is 0 Å². The van der Waals surface area contributed by atoms with Crippen molar-refractivity contribution in [1.82, 2.24) is 5.32 Å². The fourth-order valence-corrected chi connectivity index (χ4v) is 3.22. The SMILES string of the molecule is CN=C(NCCCOC1CCOCC1)N1CCc2ccccc21. The molecule has 1 N–H and O–H groups in total. The molecule has 5 heteroatoms. The predicted molar refractivity (Wildman–Crippen MR) is 93.3 cm³/mol. The third-order valence-corrected chi connectivity index (χ3v) is 4.48. The molecule has 0 bridgehead atoms. The molecule has 5 nitrogen and oxygen atoms in total. The van der Waals surface area contributed by atoms with Gasteiger partial charge in [-0.05, 0) is 37.3 Å². The van der Waals surface area contributed by atoms with Crippen LogP contribution in [0.15, 0.2) is 29.3 Å². The lowest BCUT2D eigenvalue weighted by atomic mass is 10.1. The zero-order valence-corrected chi connectivity index (χ0v) is 14.0. The lowest BCUT2D eigenvalue weighted by molar-refractivity contribution is -0.0320. The van der Waals surface area contributed by atoms with Gasteiger partial charge in [-0.25, -0.2) is 0 Å². The first-order chi connectivity index (χ1) is 11.4. The van der Waals surface area contributed by atoms with Gasteiger partial charge >= 0.3 is 0 Å². The van der Waals surface area contributed by atoms with Crippen molar-refractivity contribution in [3.8, 4) is 0 Å². The van der Waals surface area contributed by atoms with Crippen LogP contribution < -0.4 is 10.2 Å². The molecule has 23 heavy (non-hydrogen) atoms. The Balaban J connectivity index is 1.40. The van der Waals surface area contributed by atoms with Gasteiger partial charge in [0.05, 0.1) is 6.10 Å². The number of ether oxygens (including phenoxy) is 2. The van der Waals surface area contributed by atoms with Crippen LogP contribution in [0, 0.1) is 0 Å². The number of nitrogens with one attached hydrogen (secondary N) is 1. The van der Waals surface area contributed by atoms with E-state index in [2.05, 4.69) is 39.5 Å². The first-order valence-corrected chi connectivity index (χ1v) is 8.64. The van der Waals surface area contributed by atoms with Gasteiger partial charge in [0.2, 0.25) is 0 Å². The Bertz CT molecular complexity index is 527. The summed E-state index contributed by atoms with van der Waals surface area (Å²) in [5.41, 5.74) is 2.68. The minimum Gasteiger partial charge on any atom is -0.381 e. The van der Waals surface area contributed by atoms with E-state index in [1.165, 1.54) is 11.3 Å². The van der Waals surface area contributed by atoms with E-state index < -0.39 is 0 Å². The minimum absolute atomic E-state index is 0.383. The van der Waals surface area contributed by atoms with Crippen LogP contribution >= 0.6 is 0 Å². The molecule has 0 aliphatic carbocycles. The summed E-state index contributed by atoms with van der Waals surface area (Å²) in [4.78, 5) is 6.70. The molecule has 2 aliphatic heterocycles. The fraction of sp³-hybridized carbons (Fsp3) is 0.611. The second-order valence-corrected chi connectivity index (χ2v) is 6.04. The van der Waals surface area contributed by atoms with Crippen LogP contribution in [0.2, 0.25) is 0 Å². The summed E-state index contributed by atoms with van der Waals surface area (Å²) in [6, 6.07) is 8.56. The van der Waals surface area contributed by atoms with Crippen LogP contribution in [0.1, 0.15) is 24.8 Å². The number of fused-ring (bicyclic) bond motifs is 1. The summed E-state index contributed by atoms with van der Waals surface area (Å²) in [6.07, 6.45) is 4.52. The molecule has 0 radical (unpaired) electrons. The average Bonchev–Trinajstić information content (AvgIpc) is 3.03. The van der Waals surface area contributed by atoms with Crippen LogP contribution in [-0.2, 0) is 15.9 Å². The van der Waals surface area contributed by atoms with E-state index >= 15 is 0 Å². The van der Waals surface area contributed by atoms with Crippen molar-refractivity contribution in [1.29, 1.82) is 0 Å². The molecule has 2 aliphatic rings. The summed E-state index contributed by atoms with van der Waals surface area (Å²) >= 11 is 0. The molecule has 126 valence electrons. The van der Waals surface area contributed by atoms with E-state index in [9.17, 15) is 0 Å². The predicted octanol–water partition coefficient (Wildman–Crippen LogP) is 2.21. The maximum absolute atomic E-state index is 5.91. The summed E-state index contributed by atoms with van der Waals surface area (Å²) in [7, 11) is 1.85. The molecule has 0 spiro atoms. The second-order valence-electron chi connectivity index (χ2n) is 6.04. The van der Waals surface area contributed by atoms with Crippen LogP contribution in [0.3, 0.4) is 0 Å². The highest BCUT2D eigenvalue weighted by Gasteiger charge is 2.22. The lowest BCUT2D eigenvalue weighted by Gasteiger charge is -2.24. The average molecular weight is 317 g/mol. The van der Waals surface area contributed by atoms with Gasteiger partial charge < -0.3 is 19.7 Å². The van der Waals surface area contributed by atoms with Gasteiger partial charge in [-0.2, -0.15) is 0 Å². The number of guanidine groups is 1. The van der Waals surface area contributed by atoms with Crippen molar-refractivity contribution < 1.29 is 9.47 Å². The third-order valence-electron chi connectivity index (χ3n) is 4.48. The Kier molecular flexibility index (Phi) is 5.88.